The minimum Gasteiger partial charge on any atom is -0.314 e. The van der Waals surface area contributed by atoms with E-state index in [2.05, 4.69) is 54.9 Å². The zero-order valence-corrected chi connectivity index (χ0v) is 14.0. The van der Waals surface area contributed by atoms with Crippen LogP contribution in [0.2, 0.25) is 0 Å². The van der Waals surface area contributed by atoms with Crippen molar-refractivity contribution in [1.82, 2.24) is 10.2 Å². The van der Waals surface area contributed by atoms with Gasteiger partial charge in [0, 0.05) is 32.2 Å². The standard InChI is InChI=1S/C16H24N2.2ClH/c1-13(2)12-16(18-10-8-17-9-11-18)15-7-5-4-6-14(15)3;;/h4-7,16-17H,1,8-12H2,2-3H3;2*1H/t16-;;/m1../s1. The summed E-state index contributed by atoms with van der Waals surface area (Å²) < 4.78 is 0. The summed E-state index contributed by atoms with van der Waals surface area (Å²) in [7, 11) is 0. The highest BCUT2D eigenvalue weighted by atomic mass is 35.5. The maximum absolute atomic E-state index is 4.10. The second kappa shape index (κ2) is 9.41. The molecule has 1 N–H and O–H groups in total. The largest absolute Gasteiger partial charge is 0.314 e. The second-order valence-corrected chi connectivity index (χ2v) is 5.32. The van der Waals surface area contributed by atoms with Gasteiger partial charge in [0.25, 0.3) is 0 Å². The summed E-state index contributed by atoms with van der Waals surface area (Å²) in [6.45, 7) is 12.9. The molecule has 2 nitrogen and oxygen atoms in total. The molecular formula is C16H26Cl2N2. The molecule has 1 aliphatic heterocycles. The fourth-order valence-corrected chi connectivity index (χ4v) is 2.72. The third-order valence-corrected chi connectivity index (χ3v) is 3.68. The molecule has 0 saturated carbocycles. The Labute approximate surface area is 135 Å². The third-order valence-electron chi connectivity index (χ3n) is 3.68. The van der Waals surface area contributed by atoms with E-state index < -0.39 is 0 Å². The van der Waals surface area contributed by atoms with Crippen molar-refractivity contribution in [3.63, 3.8) is 0 Å². The first-order chi connectivity index (χ1) is 8.68. The smallest absolute Gasteiger partial charge is 0.0388 e. The van der Waals surface area contributed by atoms with E-state index in [1.54, 1.807) is 0 Å². The highest BCUT2D eigenvalue weighted by Crippen LogP contribution is 2.29. The number of hydrogen-bond donors (Lipinski definition) is 1. The fraction of sp³-hybridized carbons (Fsp3) is 0.500. The summed E-state index contributed by atoms with van der Waals surface area (Å²) >= 11 is 0. The van der Waals surface area contributed by atoms with Crippen LogP contribution in [0.15, 0.2) is 36.4 Å². The quantitative estimate of drug-likeness (QED) is 0.851. The average molecular weight is 317 g/mol. The molecule has 1 atom stereocenters. The molecule has 1 aromatic rings. The van der Waals surface area contributed by atoms with E-state index in [1.807, 2.05) is 0 Å². The van der Waals surface area contributed by atoms with Gasteiger partial charge in [0.15, 0.2) is 0 Å². The topological polar surface area (TPSA) is 15.3 Å². The predicted octanol–water partition coefficient (Wildman–Crippen LogP) is 3.75. The number of nitrogens with one attached hydrogen (secondary N) is 1. The fourth-order valence-electron chi connectivity index (χ4n) is 2.72. The first kappa shape index (κ1) is 19.5. The lowest BCUT2D eigenvalue weighted by Crippen LogP contribution is -2.45. The lowest BCUT2D eigenvalue weighted by molar-refractivity contribution is 0.172. The monoisotopic (exact) mass is 316 g/mol. The van der Waals surface area contributed by atoms with Crippen molar-refractivity contribution < 1.29 is 0 Å². The Hall–Kier alpha value is -0.540. The molecule has 1 saturated heterocycles. The Morgan fingerprint density at radius 3 is 2.40 bits per heavy atom. The van der Waals surface area contributed by atoms with Crippen molar-refractivity contribution >= 4 is 24.8 Å². The van der Waals surface area contributed by atoms with Gasteiger partial charge in [-0.25, -0.2) is 0 Å². The van der Waals surface area contributed by atoms with Crippen LogP contribution in [0.25, 0.3) is 0 Å². The molecule has 0 aromatic heterocycles. The molecule has 1 aromatic carbocycles. The van der Waals surface area contributed by atoms with Crippen LogP contribution in [-0.2, 0) is 0 Å². The van der Waals surface area contributed by atoms with E-state index in [4.69, 9.17) is 0 Å². The molecule has 1 aliphatic rings. The summed E-state index contributed by atoms with van der Waals surface area (Å²) in [6, 6.07) is 9.24. The lowest BCUT2D eigenvalue weighted by Gasteiger charge is -2.36. The molecule has 0 amide bonds. The predicted molar refractivity (Wildman–Crippen MR) is 92.3 cm³/mol. The Morgan fingerprint density at radius 1 is 1.25 bits per heavy atom. The number of piperazine rings is 1. The van der Waals surface area contributed by atoms with Crippen LogP contribution in [0.1, 0.15) is 30.5 Å². The van der Waals surface area contributed by atoms with E-state index in [9.17, 15) is 0 Å². The van der Waals surface area contributed by atoms with Crippen molar-refractivity contribution in [2.24, 2.45) is 0 Å². The summed E-state index contributed by atoms with van der Waals surface area (Å²) in [5, 5.41) is 3.42. The summed E-state index contributed by atoms with van der Waals surface area (Å²) in [4.78, 5) is 2.59. The van der Waals surface area contributed by atoms with E-state index in [0.29, 0.717) is 6.04 Å². The number of hydrogen-bond acceptors (Lipinski definition) is 2. The number of aryl methyl sites for hydroxylation is 1. The molecule has 1 heterocycles. The zero-order chi connectivity index (χ0) is 13.0. The van der Waals surface area contributed by atoms with Gasteiger partial charge < -0.3 is 5.32 Å². The van der Waals surface area contributed by atoms with Crippen LogP contribution in [0, 0.1) is 6.92 Å². The summed E-state index contributed by atoms with van der Waals surface area (Å²) in [6.07, 6.45) is 1.06. The van der Waals surface area contributed by atoms with Gasteiger partial charge in [-0.15, -0.1) is 31.4 Å². The minimum atomic E-state index is 0. The molecule has 114 valence electrons. The molecule has 1 fully saturated rings. The molecule has 4 heteroatoms. The van der Waals surface area contributed by atoms with E-state index in [0.717, 1.165) is 32.6 Å². The first-order valence-electron chi connectivity index (χ1n) is 6.83. The van der Waals surface area contributed by atoms with Gasteiger partial charge in [-0.2, -0.15) is 0 Å². The van der Waals surface area contributed by atoms with Gasteiger partial charge in [0.2, 0.25) is 0 Å². The molecule has 0 unspecified atom stereocenters. The maximum Gasteiger partial charge on any atom is 0.0388 e. The SMILES string of the molecule is C=C(C)C[C@H](c1ccccc1C)N1CCNCC1.Cl.Cl. The Kier molecular flexibility index (Phi) is 9.15. The Balaban J connectivity index is 0.00000180. The van der Waals surface area contributed by atoms with Gasteiger partial charge in [-0.3, -0.25) is 4.90 Å². The van der Waals surface area contributed by atoms with Gasteiger partial charge in [0.1, 0.15) is 0 Å². The van der Waals surface area contributed by atoms with E-state index >= 15 is 0 Å². The lowest BCUT2D eigenvalue weighted by atomic mass is 9.94. The summed E-state index contributed by atoms with van der Waals surface area (Å²) in [5.41, 5.74) is 4.12. The molecule has 2 rings (SSSR count). The molecule has 0 spiro atoms. The van der Waals surface area contributed by atoms with E-state index in [-0.39, 0.29) is 24.8 Å². The molecule has 0 radical (unpaired) electrons. The number of rotatable bonds is 4. The minimum absolute atomic E-state index is 0. The van der Waals surface area contributed by atoms with Crippen LogP contribution < -0.4 is 5.32 Å². The second-order valence-electron chi connectivity index (χ2n) is 5.32. The molecule has 0 bridgehead atoms. The highest BCUT2D eigenvalue weighted by Gasteiger charge is 2.22. The van der Waals surface area contributed by atoms with E-state index in [1.165, 1.54) is 16.7 Å². The third kappa shape index (κ3) is 5.10. The van der Waals surface area contributed by atoms with Crippen molar-refractivity contribution in [2.45, 2.75) is 26.3 Å². The van der Waals surface area contributed by atoms with Crippen LogP contribution in [0.5, 0.6) is 0 Å². The van der Waals surface area contributed by atoms with Crippen molar-refractivity contribution in [3.8, 4) is 0 Å². The van der Waals surface area contributed by atoms with Crippen LogP contribution in [0.4, 0.5) is 0 Å². The van der Waals surface area contributed by atoms with Gasteiger partial charge in [0.05, 0.1) is 0 Å². The Morgan fingerprint density at radius 2 is 1.85 bits per heavy atom. The normalized spacial score (nSPS) is 16.7. The molecule has 20 heavy (non-hydrogen) atoms. The average Bonchev–Trinajstić information content (AvgIpc) is 2.38. The van der Waals surface area contributed by atoms with Gasteiger partial charge in [-0.05, 0) is 31.4 Å². The van der Waals surface area contributed by atoms with Crippen molar-refractivity contribution in [3.05, 3.63) is 47.5 Å². The van der Waals surface area contributed by atoms with Crippen LogP contribution in [-0.4, -0.2) is 31.1 Å². The first-order valence-corrected chi connectivity index (χ1v) is 6.83. The van der Waals surface area contributed by atoms with Gasteiger partial charge >= 0.3 is 0 Å². The zero-order valence-electron chi connectivity index (χ0n) is 12.4. The molecule has 0 aliphatic carbocycles. The van der Waals surface area contributed by atoms with Crippen LogP contribution >= 0.6 is 24.8 Å². The molecular weight excluding hydrogens is 291 g/mol. The van der Waals surface area contributed by atoms with Gasteiger partial charge in [-0.1, -0.05) is 29.8 Å². The highest BCUT2D eigenvalue weighted by molar-refractivity contribution is 5.85. The number of halogens is 2. The number of benzene rings is 1. The Bertz CT molecular complexity index is 415. The summed E-state index contributed by atoms with van der Waals surface area (Å²) in [5.74, 6) is 0. The van der Waals surface area contributed by atoms with Crippen LogP contribution in [0.3, 0.4) is 0 Å². The van der Waals surface area contributed by atoms with Crippen molar-refractivity contribution in [1.29, 1.82) is 0 Å². The van der Waals surface area contributed by atoms with Crippen molar-refractivity contribution in [2.75, 3.05) is 26.2 Å². The number of nitrogens with zero attached hydrogens (tertiary/aromatic N) is 1. The maximum atomic E-state index is 4.10.